The molecule has 0 aliphatic carbocycles. The van der Waals surface area contributed by atoms with Crippen molar-refractivity contribution in [2.75, 3.05) is 5.75 Å². The molecule has 0 spiro atoms. The summed E-state index contributed by atoms with van der Waals surface area (Å²) in [5.74, 6) is 0.943. The maximum atomic E-state index is 8.49. The second-order valence-corrected chi connectivity index (χ2v) is 10.1. The minimum Gasteiger partial charge on any atom is -0.371 e. The molecule has 0 bridgehead atoms. The lowest BCUT2D eigenvalue weighted by atomic mass is 10.2. The molecule has 4 nitrogen and oxygen atoms in total. The normalized spacial score (nSPS) is 12.3. The Balaban J connectivity index is 4.35. The molecule has 0 radical (unpaired) electrons. The fourth-order valence-corrected chi connectivity index (χ4v) is 6.23. The van der Waals surface area contributed by atoms with Gasteiger partial charge in [-0.3, -0.25) is 0 Å². The third kappa shape index (κ3) is 13.0. The van der Waals surface area contributed by atoms with Crippen molar-refractivity contribution in [3.05, 3.63) is 0 Å². The topological polar surface area (TPSA) is 51.5 Å². The number of unbranched alkanes of at least 4 members (excludes halogenated alkanes) is 4. The number of nitrogens with zero attached hydrogens (tertiary/aromatic N) is 1. The van der Waals surface area contributed by atoms with Gasteiger partial charge in [0.1, 0.15) is 5.40 Å². The van der Waals surface area contributed by atoms with Gasteiger partial charge in [-0.15, -0.1) is 0 Å². The van der Waals surface area contributed by atoms with Crippen LogP contribution in [0.5, 0.6) is 0 Å². The SMILES string of the molecule is CC(C)O[Si](CCCCCCCSC#N)(OC(C)C)OC(C)C. The first kappa shape index (κ1) is 22.9. The molecule has 136 valence electrons. The van der Waals surface area contributed by atoms with Gasteiger partial charge in [0, 0.05) is 30.1 Å². The van der Waals surface area contributed by atoms with Crippen LogP contribution in [0.25, 0.3) is 0 Å². The molecule has 0 aliphatic rings. The van der Waals surface area contributed by atoms with E-state index in [0.717, 1.165) is 31.1 Å². The molecule has 0 aromatic heterocycles. The Bertz CT molecular complexity index is 306. The van der Waals surface area contributed by atoms with Gasteiger partial charge >= 0.3 is 8.80 Å². The lowest BCUT2D eigenvalue weighted by Gasteiger charge is -2.34. The van der Waals surface area contributed by atoms with Crippen LogP contribution in [0.3, 0.4) is 0 Å². The third-order valence-corrected chi connectivity index (χ3v) is 7.12. The van der Waals surface area contributed by atoms with Crippen LogP contribution in [0.4, 0.5) is 0 Å². The number of hydrogen-bond acceptors (Lipinski definition) is 5. The summed E-state index contributed by atoms with van der Waals surface area (Å²) in [6, 6.07) is 0.883. The van der Waals surface area contributed by atoms with Crippen molar-refractivity contribution in [2.45, 2.75) is 98.0 Å². The Hall–Kier alpha value is -0.0631. The molecule has 0 atom stereocenters. The largest absolute Gasteiger partial charge is 0.501 e. The molecule has 6 heteroatoms. The van der Waals surface area contributed by atoms with Crippen LogP contribution in [0, 0.1) is 10.7 Å². The summed E-state index contributed by atoms with van der Waals surface area (Å²) in [5, 5.41) is 10.6. The van der Waals surface area contributed by atoms with Crippen molar-refractivity contribution < 1.29 is 13.3 Å². The van der Waals surface area contributed by atoms with Crippen LogP contribution in [-0.4, -0.2) is 32.9 Å². The van der Waals surface area contributed by atoms with Crippen LogP contribution in [0.15, 0.2) is 0 Å². The molecule has 0 heterocycles. The highest BCUT2D eigenvalue weighted by atomic mass is 32.2. The molecule has 0 saturated carbocycles. The summed E-state index contributed by atoms with van der Waals surface area (Å²) < 4.78 is 18.5. The van der Waals surface area contributed by atoms with Crippen LogP contribution in [0.2, 0.25) is 6.04 Å². The Morgan fingerprint density at radius 1 is 0.783 bits per heavy atom. The van der Waals surface area contributed by atoms with Crippen molar-refractivity contribution >= 4 is 20.6 Å². The summed E-state index contributed by atoms with van der Waals surface area (Å²) >= 11 is 1.35. The van der Waals surface area contributed by atoms with Crippen molar-refractivity contribution in [1.29, 1.82) is 5.26 Å². The number of thiocyanates is 1. The number of nitriles is 1. The predicted octanol–water partition coefficient (Wildman–Crippen LogP) is 5.37. The predicted molar refractivity (Wildman–Crippen MR) is 100 cm³/mol. The smallest absolute Gasteiger partial charge is 0.371 e. The maximum Gasteiger partial charge on any atom is 0.501 e. The van der Waals surface area contributed by atoms with E-state index in [9.17, 15) is 0 Å². The molecular formula is C17H35NO3SSi. The standard InChI is InChI=1S/C17H35NO3SSi/c1-15(2)19-23(20-16(3)4,21-17(5)6)13-11-9-7-8-10-12-22-14-18/h15-17H,7-13H2,1-6H3. The van der Waals surface area contributed by atoms with Gasteiger partial charge in [-0.2, -0.15) is 5.26 Å². The van der Waals surface area contributed by atoms with Crippen molar-refractivity contribution in [2.24, 2.45) is 0 Å². The average Bonchev–Trinajstić information content (AvgIpc) is 2.39. The fraction of sp³-hybridized carbons (Fsp3) is 0.941. The molecule has 0 N–H and O–H groups in total. The Labute approximate surface area is 148 Å². The van der Waals surface area contributed by atoms with E-state index < -0.39 is 8.80 Å². The lowest BCUT2D eigenvalue weighted by Crippen LogP contribution is -2.50. The van der Waals surface area contributed by atoms with Gasteiger partial charge in [0.05, 0.1) is 0 Å². The minimum absolute atomic E-state index is 0.113. The molecule has 0 aromatic rings. The van der Waals surface area contributed by atoms with Crippen molar-refractivity contribution in [1.82, 2.24) is 0 Å². The summed E-state index contributed by atoms with van der Waals surface area (Å²) in [4.78, 5) is 0. The van der Waals surface area contributed by atoms with E-state index >= 15 is 0 Å². The van der Waals surface area contributed by atoms with Crippen LogP contribution >= 0.6 is 11.8 Å². The van der Waals surface area contributed by atoms with Crippen LogP contribution in [0.1, 0.15) is 73.6 Å². The summed E-state index contributed by atoms with van der Waals surface area (Å²) in [5.41, 5.74) is 0. The summed E-state index contributed by atoms with van der Waals surface area (Å²) in [7, 11) is -2.61. The zero-order chi connectivity index (χ0) is 17.7. The van der Waals surface area contributed by atoms with E-state index in [2.05, 4.69) is 5.40 Å². The monoisotopic (exact) mass is 361 g/mol. The van der Waals surface area contributed by atoms with Gasteiger partial charge in [0.25, 0.3) is 0 Å². The fourth-order valence-electron chi connectivity index (χ4n) is 2.43. The first-order valence-corrected chi connectivity index (χ1v) is 11.8. The van der Waals surface area contributed by atoms with Crippen LogP contribution in [-0.2, 0) is 13.3 Å². The van der Waals surface area contributed by atoms with Crippen molar-refractivity contribution in [3.63, 3.8) is 0 Å². The maximum absolute atomic E-state index is 8.49. The highest BCUT2D eigenvalue weighted by molar-refractivity contribution is 8.03. The Morgan fingerprint density at radius 2 is 1.22 bits per heavy atom. The second-order valence-electron chi connectivity index (χ2n) is 6.64. The molecule has 0 unspecified atom stereocenters. The molecule has 0 saturated heterocycles. The van der Waals surface area contributed by atoms with E-state index in [1.54, 1.807) is 0 Å². The minimum atomic E-state index is -2.61. The lowest BCUT2D eigenvalue weighted by molar-refractivity contribution is 0.00278. The molecule has 23 heavy (non-hydrogen) atoms. The first-order chi connectivity index (χ1) is 10.8. The molecule has 0 fully saturated rings. The third-order valence-electron chi connectivity index (χ3n) is 3.04. The molecular weight excluding hydrogens is 326 g/mol. The van der Waals surface area contributed by atoms with Gasteiger partial charge in [-0.1, -0.05) is 19.3 Å². The average molecular weight is 362 g/mol. The highest BCUT2D eigenvalue weighted by Gasteiger charge is 2.43. The van der Waals surface area contributed by atoms with Gasteiger partial charge in [-0.05, 0) is 66.1 Å². The zero-order valence-electron chi connectivity index (χ0n) is 15.8. The summed E-state index contributed by atoms with van der Waals surface area (Å²) in [6.07, 6.45) is 6.08. The molecule has 0 amide bonds. The van der Waals surface area contributed by atoms with Crippen molar-refractivity contribution in [3.8, 4) is 5.40 Å². The van der Waals surface area contributed by atoms with E-state index in [4.69, 9.17) is 18.5 Å². The number of hydrogen-bond donors (Lipinski definition) is 0. The molecule has 0 aromatic carbocycles. The number of thioether (sulfide) groups is 1. The van der Waals surface area contributed by atoms with E-state index in [0.29, 0.717) is 0 Å². The Morgan fingerprint density at radius 3 is 1.65 bits per heavy atom. The van der Waals surface area contributed by atoms with Crippen LogP contribution < -0.4 is 0 Å². The first-order valence-electron chi connectivity index (χ1n) is 8.85. The van der Waals surface area contributed by atoms with E-state index in [1.165, 1.54) is 24.6 Å². The van der Waals surface area contributed by atoms with Gasteiger partial charge in [-0.25, -0.2) is 0 Å². The molecule has 0 aliphatic heterocycles. The van der Waals surface area contributed by atoms with E-state index in [-0.39, 0.29) is 18.3 Å². The van der Waals surface area contributed by atoms with Gasteiger partial charge in [0.2, 0.25) is 0 Å². The molecule has 0 rings (SSSR count). The van der Waals surface area contributed by atoms with Gasteiger partial charge in [0.15, 0.2) is 0 Å². The number of rotatable bonds is 14. The quantitative estimate of drug-likeness (QED) is 0.237. The highest BCUT2D eigenvalue weighted by Crippen LogP contribution is 2.25. The Kier molecular flexibility index (Phi) is 13.2. The van der Waals surface area contributed by atoms with Gasteiger partial charge < -0.3 is 13.3 Å². The summed E-state index contributed by atoms with van der Waals surface area (Å²) in [6.45, 7) is 12.3. The second kappa shape index (κ2) is 13.3. The van der Waals surface area contributed by atoms with E-state index in [1.807, 2.05) is 41.5 Å². The zero-order valence-corrected chi connectivity index (χ0v) is 17.6.